The van der Waals surface area contributed by atoms with Crippen LogP contribution in [-0.4, -0.2) is 24.5 Å². The largest absolute Gasteiger partial charge is 0.463 e. The van der Waals surface area contributed by atoms with Gasteiger partial charge in [-0.2, -0.15) is 13.2 Å². The smallest absolute Gasteiger partial charge is 0.454 e. The molecule has 0 radical (unpaired) electrons. The van der Waals surface area contributed by atoms with Gasteiger partial charge in [0.1, 0.15) is 0 Å². The fourth-order valence-electron chi connectivity index (χ4n) is 1.26. The van der Waals surface area contributed by atoms with Crippen molar-refractivity contribution in [2.75, 3.05) is 6.61 Å². The minimum Gasteiger partial charge on any atom is -0.463 e. The number of ketones is 1. The molecule has 1 aromatic rings. The van der Waals surface area contributed by atoms with Crippen molar-refractivity contribution in [3.05, 3.63) is 41.5 Å². The Morgan fingerprint density at radius 1 is 1.21 bits per heavy atom. The number of hydrogen-bond donors (Lipinski definition) is 0. The van der Waals surface area contributed by atoms with E-state index in [4.69, 9.17) is 0 Å². The zero-order valence-corrected chi connectivity index (χ0v) is 10.0. The topological polar surface area (TPSA) is 43.4 Å². The van der Waals surface area contributed by atoms with E-state index in [0.29, 0.717) is 5.56 Å². The second-order valence-corrected chi connectivity index (χ2v) is 3.53. The third kappa shape index (κ3) is 4.57. The summed E-state index contributed by atoms with van der Waals surface area (Å²) >= 11 is 0. The van der Waals surface area contributed by atoms with Gasteiger partial charge in [-0.05, 0) is 18.6 Å². The lowest BCUT2D eigenvalue weighted by Crippen LogP contribution is -2.22. The van der Waals surface area contributed by atoms with Crippen molar-refractivity contribution in [2.45, 2.75) is 13.1 Å². The SMILES string of the molecule is CCOC(=O)C=Cc1ccc(C(=O)C(F)(F)F)cc1. The maximum Gasteiger partial charge on any atom is 0.454 e. The van der Waals surface area contributed by atoms with Crippen molar-refractivity contribution >= 4 is 17.8 Å². The Morgan fingerprint density at radius 3 is 2.26 bits per heavy atom. The minimum atomic E-state index is -4.89. The summed E-state index contributed by atoms with van der Waals surface area (Å²) in [4.78, 5) is 21.9. The summed E-state index contributed by atoms with van der Waals surface area (Å²) in [7, 11) is 0. The molecule has 3 nitrogen and oxygen atoms in total. The first-order valence-corrected chi connectivity index (χ1v) is 5.41. The second kappa shape index (κ2) is 6.17. The summed E-state index contributed by atoms with van der Waals surface area (Å²) in [6.07, 6.45) is -2.34. The highest BCUT2D eigenvalue weighted by atomic mass is 19.4. The first-order valence-electron chi connectivity index (χ1n) is 5.41. The first kappa shape index (κ1) is 14.9. The van der Waals surface area contributed by atoms with E-state index in [1.165, 1.54) is 18.2 Å². The average molecular weight is 272 g/mol. The molecular formula is C13H11F3O3. The lowest BCUT2D eigenvalue weighted by atomic mass is 10.1. The Labute approximate surface area is 107 Å². The van der Waals surface area contributed by atoms with Gasteiger partial charge in [0.15, 0.2) is 0 Å². The molecule has 0 saturated carbocycles. The predicted molar refractivity (Wildman–Crippen MR) is 62.5 cm³/mol. The van der Waals surface area contributed by atoms with Gasteiger partial charge in [-0.15, -0.1) is 0 Å². The first-order chi connectivity index (χ1) is 8.84. The minimum absolute atomic E-state index is 0.238. The molecule has 19 heavy (non-hydrogen) atoms. The fourth-order valence-corrected chi connectivity index (χ4v) is 1.26. The number of ether oxygens (including phenoxy) is 1. The van der Waals surface area contributed by atoms with Crippen LogP contribution < -0.4 is 0 Å². The zero-order chi connectivity index (χ0) is 14.5. The monoisotopic (exact) mass is 272 g/mol. The van der Waals surface area contributed by atoms with E-state index < -0.39 is 23.5 Å². The summed E-state index contributed by atoms with van der Waals surface area (Å²) in [6.45, 7) is 1.89. The van der Waals surface area contributed by atoms with Crippen LogP contribution >= 0.6 is 0 Å². The Hall–Kier alpha value is -2.11. The summed E-state index contributed by atoms with van der Waals surface area (Å²) in [5.41, 5.74) is 0.0487. The number of halogens is 3. The number of rotatable bonds is 4. The Morgan fingerprint density at radius 2 is 1.79 bits per heavy atom. The van der Waals surface area contributed by atoms with Gasteiger partial charge in [0.25, 0.3) is 5.78 Å². The summed E-state index contributed by atoms with van der Waals surface area (Å²) in [6, 6.07) is 4.74. The van der Waals surface area contributed by atoms with E-state index in [9.17, 15) is 22.8 Å². The van der Waals surface area contributed by atoms with Crippen LogP contribution in [0.15, 0.2) is 30.3 Å². The van der Waals surface area contributed by atoms with Gasteiger partial charge in [0.05, 0.1) is 6.61 Å². The van der Waals surface area contributed by atoms with Gasteiger partial charge in [0, 0.05) is 11.6 Å². The number of Topliss-reactive ketones (excluding diaryl/α,β-unsaturated/α-hetero) is 1. The number of carbonyl (C=O) groups is 2. The molecule has 0 fully saturated rings. The van der Waals surface area contributed by atoms with Crippen LogP contribution in [0.5, 0.6) is 0 Å². The molecular weight excluding hydrogens is 261 g/mol. The van der Waals surface area contributed by atoms with E-state index in [1.807, 2.05) is 0 Å². The third-order valence-electron chi connectivity index (χ3n) is 2.13. The molecule has 0 aromatic heterocycles. The molecule has 0 aliphatic rings. The molecule has 1 aromatic carbocycles. The van der Waals surface area contributed by atoms with Gasteiger partial charge >= 0.3 is 12.1 Å². The molecule has 0 atom stereocenters. The predicted octanol–water partition coefficient (Wildman–Crippen LogP) is 3.01. The van der Waals surface area contributed by atoms with Crippen LogP contribution in [0.1, 0.15) is 22.8 Å². The molecule has 0 aliphatic carbocycles. The molecule has 0 unspecified atom stereocenters. The summed E-state index contributed by atoms with van der Waals surface area (Å²) in [5.74, 6) is -2.44. The van der Waals surface area contributed by atoms with Gasteiger partial charge in [-0.3, -0.25) is 4.79 Å². The number of carbonyl (C=O) groups excluding carboxylic acids is 2. The van der Waals surface area contributed by atoms with E-state index in [-0.39, 0.29) is 6.61 Å². The van der Waals surface area contributed by atoms with Crippen LogP contribution in [-0.2, 0) is 9.53 Å². The standard InChI is InChI=1S/C13H11F3O3/c1-2-19-11(17)8-5-9-3-6-10(7-4-9)12(18)13(14,15)16/h3-8H,2H2,1H3. The van der Waals surface area contributed by atoms with Crippen molar-refractivity contribution in [3.63, 3.8) is 0 Å². The summed E-state index contributed by atoms with van der Waals surface area (Å²) < 4.78 is 41.1. The highest BCUT2D eigenvalue weighted by molar-refractivity contribution is 6.00. The third-order valence-corrected chi connectivity index (χ3v) is 2.13. The van der Waals surface area contributed by atoms with Crippen molar-refractivity contribution < 1.29 is 27.5 Å². The van der Waals surface area contributed by atoms with Crippen molar-refractivity contribution in [2.24, 2.45) is 0 Å². The van der Waals surface area contributed by atoms with Crippen LogP contribution in [0.3, 0.4) is 0 Å². The Bertz CT molecular complexity index is 487. The number of benzene rings is 1. The molecule has 0 aliphatic heterocycles. The maximum absolute atomic E-state index is 12.1. The second-order valence-electron chi connectivity index (χ2n) is 3.53. The van der Waals surface area contributed by atoms with Crippen LogP contribution in [0.4, 0.5) is 13.2 Å². The maximum atomic E-state index is 12.1. The lowest BCUT2D eigenvalue weighted by molar-refractivity contribution is -0.137. The normalized spacial score (nSPS) is 11.6. The van der Waals surface area contributed by atoms with Gasteiger partial charge in [-0.25, -0.2) is 4.79 Å². The molecule has 6 heteroatoms. The molecule has 0 saturated heterocycles. The van der Waals surface area contributed by atoms with Crippen LogP contribution in [0.25, 0.3) is 6.08 Å². The van der Waals surface area contributed by atoms with Crippen LogP contribution in [0, 0.1) is 0 Å². The van der Waals surface area contributed by atoms with E-state index in [0.717, 1.165) is 18.2 Å². The number of hydrogen-bond acceptors (Lipinski definition) is 3. The highest BCUT2D eigenvalue weighted by Crippen LogP contribution is 2.21. The molecule has 1 rings (SSSR count). The molecule has 0 amide bonds. The quantitative estimate of drug-likeness (QED) is 0.480. The van der Waals surface area contributed by atoms with Gasteiger partial charge < -0.3 is 4.74 Å². The van der Waals surface area contributed by atoms with E-state index >= 15 is 0 Å². The Balaban J connectivity index is 2.77. The van der Waals surface area contributed by atoms with E-state index in [2.05, 4.69) is 4.74 Å². The number of alkyl halides is 3. The molecule has 0 heterocycles. The molecule has 0 spiro atoms. The zero-order valence-electron chi connectivity index (χ0n) is 10.0. The fraction of sp³-hybridized carbons (Fsp3) is 0.231. The van der Waals surface area contributed by atoms with Gasteiger partial charge in [0.2, 0.25) is 0 Å². The summed E-state index contributed by atoms with van der Waals surface area (Å²) in [5, 5.41) is 0. The molecule has 0 bridgehead atoms. The molecule has 102 valence electrons. The van der Waals surface area contributed by atoms with Crippen LogP contribution in [0.2, 0.25) is 0 Å². The lowest BCUT2D eigenvalue weighted by Gasteiger charge is -2.04. The highest BCUT2D eigenvalue weighted by Gasteiger charge is 2.38. The average Bonchev–Trinajstić information content (AvgIpc) is 2.35. The van der Waals surface area contributed by atoms with Gasteiger partial charge in [-0.1, -0.05) is 24.3 Å². The van der Waals surface area contributed by atoms with Crippen molar-refractivity contribution in [1.82, 2.24) is 0 Å². The van der Waals surface area contributed by atoms with E-state index in [1.54, 1.807) is 6.92 Å². The van der Waals surface area contributed by atoms with Crippen molar-refractivity contribution in [1.29, 1.82) is 0 Å². The Kier molecular flexibility index (Phi) is 4.86. The molecule has 0 N–H and O–H groups in total. The van der Waals surface area contributed by atoms with Crippen molar-refractivity contribution in [3.8, 4) is 0 Å². The number of esters is 1.